The number of rotatable bonds is 8. The summed E-state index contributed by atoms with van der Waals surface area (Å²) in [6.07, 6.45) is 5.51. The second-order valence-electron chi connectivity index (χ2n) is 7.27. The Morgan fingerprint density at radius 3 is 2.18 bits per heavy atom. The number of carbonyl (C=O) groups excluding carboxylic acids is 2. The standard InChI is InChI=1S/C27H23NO5/c29-26(15-11-20-7-3-1-4-8-20)28-18-25(22-13-14-23-24(17-22)32-19-31-23)33-27(30)16-12-21-9-5-2-6-10-21/h1-17,25H,18-19H2,(H,28,29). The molecule has 0 fully saturated rings. The maximum atomic E-state index is 12.5. The summed E-state index contributed by atoms with van der Waals surface area (Å²) >= 11 is 0. The van der Waals surface area contributed by atoms with E-state index in [0.717, 1.165) is 11.1 Å². The Balaban J connectivity index is 1.44. The summed E-state index contributed by atoms with van der Waals surface area (Å²) in [4.78, 5) is 24.8. The predicted octanol–water partition coefficient (Wildman–Crippen LogP) is 4.54. The van der Waals surface area contributed by atoms with Gasteiger partial charge in [-0.15, -0.1) is 0 Å². The molecule has 4 rings (SSSR count). The van der Waals surface area contributed by atoms with Gasteiger partial charge in [0.1, 0.15) is 6.10 Å². The minimum atomic E-state index is -0.707. The molecule has 0 saturated heterocycles. The zero-order valence-corrected chi connectivity index (χ0v) is 17.8. The number of hydrogen-bond donors (Lipinski definition) is 1. The van der Waals surface area contributed by atoms with Crippen molar-refractivity contribution in [2.24, 2.45) is 0 Å². The highest BCUT2D eigenvalue weighted by Crippen LogP contribution is 2.35. The van der Waals surface area contributed by atoms with Gasteiger partial charge in [-0.2, -0.15) is 0 Å². The molecule has 1 atom stereocenters. The van der Waals surface area contributed by atoms with Crippen LogP contribution in [0.5, 0.6) is 11.5 Å². The van der Waals surface area contributed by atoms with Gasteiger partial charge >= 0.3 is 5.97 Å². The van der Waals surface area contributed by atoms with E-state index in [0.29, 0.717) is 17.1 Å². The van der Waals surface area contributed by atoms with E-state index in [-0.39, 0.29) is 19.2 Å². The maximum Gasteiger partial charge on any atom is 0.331 e. The highest BCUT2D eigenvalue weighted by atomic mass is 16.7. The lowest BCUT2D eigenvalue weighted by Gasteiger charge is -2.18. The van der Waals surface area contributed by atoms with Crippen LogP contribution in [0.1, 0.15) is 22.8 Å². The Kier molecular flexibility index (Phi) is 7.18. The van der Waals surface area contributed by atoms with Crippen LogP contribution in [0, 0.1) is 0 Å². The monoisotopic (exact) mass is 441 g/mol. The van der Waals surface area contributed by atoms with E-state index in [2.05, 4.69) is 5.32 Å². The normalized spacial score (nSPS) is 13.2. The number of nitrogens with one attached hydrogen (secondary N) is 1. The van der Waals surface area contributed by atoms with E-state index >= 15 is 0 Å². The van der Waals surface area contributed by atoms with E-state index in [1.165, 1.54) is 12.2 Å². The van der Waals surface area contributed by atoms with Gasteiger partial charge in [-0.1, -0.05) is 66.7 Å². The van der Waals surface area contributed by atoms with Crippen molar-refractivity contribution in [2.45, 2.75) is 6.10 Å². The van der Waals surface area contributed by atoms with Gasteiger partial charge in [0.2, 0.25) is 12.7 Å². The molecule has 1 unspecified atom stereocenters. The van der Waals surface area contributed by atoms with Crippen LogP contribution in [0.15, 0.2) is 91.0 Å². The largest absolute Gasteiger partial charge is 0.454 e. The first-order valence-corrected chi connectivity index (χ1v) is 10.5. The van der Waals surface area contributed by atoms with Crippen LogP contribution in [-0.2, 0) is 14.3 Å². The average Bonchev–Trinajstić information content (AvgIpc) is 3.33. The molecule has 3 aromatic rings. The van der Waals surface area contributed by atoms with Crippen molar-refractivity contribution >= 4 is 24.0 Å². The van der Waals surface area contributed by atoms with Gasteiger partial charge in [0, 0.05) is 12.2 Å². The van der Waals surface area contributed by atoms with Gasteiger partial charge in [-0.25, -0.2) is 4.79 Å². The predicted molar refractivity (Wildman–Crippen MR) is 125 cm³/mol. The first-order chi connectivity index (χ1) is 16.2. The highest BCUT2D eigenvalue weighted by molar-refractivity contribution is 5.91. The molecule has 1 heterocycles. The molecule has 0 bridgehead atoms. The number of esters is 1. The van der Waals surface area contributed by atoms with Gasteiger partial charge in [0.15, 0.2) is 11.5 Å². The summed E-state index contributed by atoms with van der Waals surface area (Å²) in [5, 5.41) is 2.80. The van der Waals surface area contributed by atoms with E-state index in [9.17, 15) is 9.59 Å². The van der Waals surface area contributed by atoms with Crippen molar-refractivity contribution in [1.29, 1.82) is 0 Å². The molecule has 6 heteroatoms. The molecular weight excluding hydrogens is 418 g/mol. The summed E-state index contributed by atoms with van der Waals surface area (Å²) in [7, 11) is 0. The fourth-order valence-corrected chi connectivity index (χ4v) is 3.24. The number of fused-ring (bicyclic) bond motifs is 1. The zero-order valence-electron chi connectivity index (χ0n) is 17.8. The van der Waals surface area contributed by atoms with Crippen LogP contribution >= 0.6 is 0 Å². The Labute approximate surface area is 192 Å². The molecule has 166 valence electrons. The van der Waals surface area contributed by atoms with Crippen LogP contribution in [-0.4, -0.2) is 25.2 Å². The lowest BCUT2D eigenvalue weighted by atomic mass is 10.1. The van der Waals surface area contributed by atoms with E-state index in [1.54, 1.807) is 30.4 Å². The van der Waals surface area contributed by atoms with Crippen molar-refractivity contribution in [3.05, 3.63) is 108 Å². The van der Waals surface area contributed by atoms with Crippen molar-refractivity contribution in [3.8, 4) is 11.5 Å². The first kappa shape index (κ1) is 21.9. The van der Waals surface area contributed by atoms with Crippen molar-refractivity contribution in [3.63, 3.8) is 0 Å². The summed E-state index contributed by atoms with van der Waals surface area (Å²) < 4.78 is 16.5. The van der Waals surface area contributed by atoms with Gasteiger partial charge in [0.05, 0.1) is 6.54 Å². The molecule has 1 aliphatic heterocycles. The van der Waals surface area contributed by atoms with Crippen molar-refractivity contribution in [2.75, 3.05) is 13.3 Å². The SMILES string of the molecule is O=C(C=Cc1ccccc1)NCC(OC(=O)C=Cc1ccccc1)c1ccc2c(c1)OCO2. The van der Waals surface area contributed by atoms with E-state index < -0.39 is 12.1 Å². The van der Waals surface area contributed by atoms with Crippen LogP contribution in [0.3, 0.4) is 0 Å². The molecule has 0 spiro atoms. The maximum absolute atomic E-state index is 12.5. The third kappa shape index (κ3) is 6.33. The molecule has 0 aromatic heterocycles. The fraction of sp³-hybridized carbons (Fsp3) is 0.111. The Hall–Kier alpha value is -4.32. The molecule has 0 radical (unpaired) electrons. The summed E-state index contributed by atoms with van der Waals surface area (Å²) in [5.41, 5.74) is 2.49. The zero-order chi connectivity index (χ0) is 22.9. The smallest absolute Gasteiger partial charge is 0.331 e. The molecule has 0 aliphatic carbocycles. The second kappa shape index (κ2) is 10.8. The number of carbonyl (C=O) groups is 2. The molecule has 33 heavy (non-hydrogen) atoms. The average molecular weight is 441 g/mol. The summed E-state index contributed by atoms with van der Waals surface area (Å²) in [6, 6.07) is 24.3. The lowest BCUT2D eigenvalue weighted by molar-refractivity contribution is -0.143. The van der Waals surface area contributed by atoms with Crippen LogP contribution in [0.4, 0.5) is 0 Å². The van der Waals surface area contributed by atoms with E-state index in [4.69, 9.17) is 14.2 Å². The molecule has 1 N–H and O–H groups in total. The minimum Gasteiger partial charge on any atom is -0.454 e. The summed E-state index contributed by atoms with van der Waals surface area (Å²) in [5.74, 6) is 0.391. The molecule has 3 aromatic carbocycles. The highest BCUT2D eigenvalue weighted by Gasteiger charge is 2.21. The number of ether oxygens (including phenoxy) is 3. The third-order valence-electron chi connectivity index (χ3n) is 4.93. The molecule has 0 saturated carbocycles. The first-order valence-electron chi connectivity index (χ1n) is 10.5. The van der Waals surface area contributed by atoms with Crippen LogP contribution in [0.25, 0.3) is 12.2 Å². The van der Waals surface area contributed by atoms with E-state index in [1.807, 2.05) is 60.7 Å². The van der Waals surface area contributed by atoms with Gasteiger partial charge in [0.25, 0.3) is 0 Å². The van der Waals surface area contributed by atoms with Crippen LogP contribution < -0.4 is 14.8 Å². The number of amides is 1. The Morgan fingerprint density at radius 1 is 0.848 bits per heavy atom. The quantitative estimate of drug-likeness (QED) is 0.410. The molecule has 1 amide bonds. The third-order valence-corrected chi connectivity index (χ3v) is 4.93. The fourth-order valence-electron chi connectivity index (χ4n) is 3.24. The van der Waals surface area contributed by atoms with Gasteiger partial charge < -0.3 is 19.5 Å². The Morgan fingerprint density at radius 2 is 1.48 bits per heavy atom. The summed E-state index contributed by atoms with van der Waals surface area (Å²) in [6.45, 7) is 0.243. The second-order valence-corrected chi connectivity index (χ2v) is 7.27. The molecule has 6 nitrogen and oxygen atoms in total. The van der Waals surface area contributed by atoms with Crippen LogP contribution in [0.2, 0.25) is 0 Å². The number of hydrogen-bond acceptors (Lipinski definition) is 5. The Bertz CT molecular complexity index is 1160. The van der Waals surface area contributed by atoms with Gasteiger partial charge in [-0.3, -0.25) is 4.79 Å². The minimum absolute atomic E-state index is 0.0997. The lowest BCUT2D eigenvalue weighted by Crippen LogP contribution is -2.29. The topological polar surface area (TPSA) is 73.9 Å². The van der Waals surface area contributed by atoms with Crippen molar-refractivity contribution in [1.82, 2.24) is 5.32 Å². The molecule has 1 aliphatic rings. The molecular formula is C27H23NO5. The van der Waals surface area contributed by atoms with Crippen molar-refractivity contribution < 1.29 is 23.8 Å². The van der Waals surface area contributed by atoms with Gasteiger partial charge in [-0.05, 0) is 41.0 Å². The number of benzene rings is 3.